The van der Waals surface area contributed by atoms with Gasteiger partial charge >= 0.3 is 0 Å². The minimum absolute atomic E-state index is 0.327. The van der Waals surface area contributed by atoms with Gasteiger partial charge in [0.25, 0.3) is 0 Å². The number of alkyl halides is 1. The Hall–Kier alpha value is -0.560. The van der Waals surface area contributed by atoms with Crippen LogP contribution in [0.3, 0.4) is 0 Å². The summed E-state index contributed by atoms with van der Waals surface area (Å²) in [4.78, 5) is 10.3. The molecule has 1 unspecified atom stereocenters. The Labute approximate surface area is 143 Å². The fraction of sp³-hybridized carbons (Fsp3) is 0.824. The number of rotatable bonds is 6. The van der Waals surface area contributed by atoms with Crippen molar-refractivity contribution in [1.29, 1.82) is 0 Å². The molecule has 1 aromatic heterocycles. The number of likely N-dealkylation sites (N-methyl/N-ethyl adjacent to an activating group) is 1. The maximum Gasteiger partial charge on any atom is 0.114 e. The minimum atomic E-state index is -0.682. The number of halogens is 1. The molecular formula is C17H29FN4S. The Morgan fingerprint density at radius 2 is 2.35 bits per heavy atom. The first-order valence-electron chi connectivity index (χ1n) is 8.78. The van der Waals surface area contributed by atoms with E-state index in [-0.39, 0.29) is 0 Å². The quantitative estimate of drug-likeness (QED) is 0.861. The molecule has 3 heterocycles. The standard InChI is InChI=1S/C17H29FN4S/c1-13-17(23-12-20-13)11-22-9-15(18)6-16(22)10-21(2)8-14-4-3-5-19-7-14/h12,14-16,19H,3-11H2,1-2H3/t14?,15-,16-/m0/s1. The van der Waals surface area contributed by atoms with E-state index >= 15 is 0 Å². The second-order valence-corrected chi connectivity index (χ2v) is 8.15. The summed E-state index contributed by atoms with van der Waals surface area (Å²) in [6.07, 6.45) is 2.59. The zero-order valence-corrected chi connectivity index (χ0v) is 15.1. The summed E-state index contributed by atoms with van der Waals surface area (Å²) in [6.45, 7) is 7.84. The predicted molar refractivity (Wildman–Crippen MR) is 93.7 cm³/mol. The van der Waals surface area contributed by atoms with Crippen LogP contribution >= 0.6 is 11.3 Å². The average molecular weight is 341 g/mol. The second-order valence-electron chi connectivity index (χ2n) is 7.21. The van der Waals surface area contributed by atoms with Crippen LogP contribution in [0.4, 0.5) is 4.39 Å². The smallest absolute Gasteiger partial charge is 0.114 e. The normalized spacial score (nSPS) is 29.5. The molecule has 1 aromatic rings. The maximum absolute atomic E-state index is 14.0. The molecule has 1 N–H and O–H groups in total. The molecule has 2 aliphatic rings. The van der Waals surface area contributed by atoms with Gasteiger partial charge in [-0.15, -0.1) is 11.3 Å². The lowest BCUT2D eigenvalue weighted by Crippen LogP contribution is -2.42. The number of aromatic nitrogens is 1. The molecular weight excluding hydrogens is 311 g/mol. The fourth-order valence-electron chi connectivity index (χ4n) is 3.92. The Morgan fingerprint density at radius 1 is 1.48 bits per heavy atom. The van der Waals surface area contributed by atoms with E-state index in [1.807, 2.05) is 12.4 Å². The largest absolute Gasteiger partial charge is 0.316 e. The first kappa shape index (κ1) is 17.3. The van der Waals surface area contributed by atoms with Gasteiger partial charge in [-0.05, 0) is 52.2 Å². The molecule has 4 nitrogen and oxygen atoms in total. The molecule has 6 heteroatoms. The van der Waals surface area contributed by atoms with Crippen LogP contribution in [0.5, 0.6) is 0 Å². The zero-order chi connectivity index (χ0) is 16.2. The SMILES string of the molecule is Cc1ncsc1CN1C[C@@H](F)C[C@H]1CN(C)CC1CCCNC1. The van der Waals surface area contributed by atoms with Crippen molar-refractivity contribution in [2.45, 2.75) is 44.9 Å². The van der Waals surface area contributed by atoms with Crippen molar-refractivity contribution < 1.29 is 4.39 Å². The number of aryl methyl sites for hydroxylation is 1. The van der Waals surface area contributed by atoms with E-state index in [1.165, 1.54) is 17.7 Å². The highest BCUT2D eigenvalue weighted by atomic mass is 32.1. The van der Waals surface area contributed by atoms with Crippen molar-refractivity contribution in [2.75, 3.05) is 39.8 Å². The predicted octanol–water partition coefficient (Wildman–Crippen LogP) is 2.30. The fourth-order valence-corrected chi connectivity index (χ4v) is 4.73. The van der Waals surface area contributed by atoms with Crippen LogP contribution in [0.25, 0.3) is 0 Å². The van der Waals surface area contributed by atoms with Crippen LogP contribution in [0.2, 0.25) is 0 Å². The van der Waals surface area contributed by atoms with Gasteiger partial charge < -0.3 is 10.2 Å². The number of piperidine rings is 1. The van der Waals surface area contributed by atoms with E-state index in [0.29, 0.717) is 19.0 Å². The van der Waals surface area contributed by atoms with Crippen molar-refractivity contribution in [1.82, 2.24) is 20.1 Å². The lowest BCUT2D eigenvalue weighted by atomic mass is 9.99. The monoisotopic (exact) mass is 340 g/mol. The highest BCUT2D eigenvalue weighted by Gasteiger charge is 2.33. The maximum atomic E-state index is 14.0. The van der Waals surface area contributed by atoms with Gasteiger partial charge in [0.2, 0.25) is 0 Å². The number of nitrogens with zero attached hydrogens (tertiary/aromatic N) is 3. The van der Waals surface area contributed by atoms with Crippen LogP contribution in [0.1, 0.15) is 29.8 Å². The summed E-state index contributed by atoms with van der Waals surface area (Å²) in [6, 6.07) is 0.327. The van der Waals surface area contributed by atoms with Crippen molar-refractivity contribution in [3.63, 3.8) is 0 Å². The van der Waals surface area contributed by atoms with Crippen molar-refractivity contribution in [3.8, 4) is 0 Å². The summed E-state index contributed by atoms with van der Waals surface area (Å²) in [7, 11) is 2.19. The van der Waals surface area contributed by atoms with Gasteiger partial charge in [-0.3, -0.25) is 4.90 Å². The minimum Gasteiger partial charge on any atom is -0.316 e. The number of hydrogen-bond acceptors (Lipinski definition) is 5. The molecule has 0 amide bonds. The van der Waals surface area contributed by atoms with Gasteiger partial charge in [0.05, 0.1) is 11.2 Å². The molecule has 23 heavy (non-hydrogen) atoms. The van der Waals surface area contributed by atoms with E-state index in [4.69, 9.17) is 0 Å². The van der Waals surface area contributed by atoms with E-state index in [0.717, 1.165) is 44.3 Å². The molecule has 2 saturated heterocycles. The van der Waals surface area contributed by atoms with Crippen molar-refractivity contribution >= 4 is 11.3 Å². The van der Waals surface area contributed by atoms with E-state index < -0.39 is 6.17 Å². The second kappa shape index (κ2) is 8.01. The Balaban J connectivity index is 1.53. The Bertz CT molecular complexity index is 489. The molecule has 2 aliphatic heterocycles. The lowest BCUT2D eigenvalue weighted by molar-refractivity contribution is 0.165. The average Bonchev–Trinajstić information content (AvgIpc) is 3.07. The molecule has 3 rings (SSSR count). The number of nitrogens with one attached hydrogen (secondary N) is 1. The van der Waals surface area contributed by atoms with Crippen LogP contribution in [0.15, 0.2) is 5.51 Å². The van der Waals surface area contributed by atoms with Gasteiger partial charge in [-0.2, -0.15) is 0 Å². The van der Waals surface area contributed by atoms with Crippen molar-refractivity contribution in [2.24, 2.45) is 5.92 Å². The summed E-state index contributed by atoms with van der Waals surface area (Å²) in [5.41, 5.74) is 2.99. The number of thiazole rings is 1. The molecule has 0 spiro atoms. The van der Waals surface area contributed by atoms with Gasteiger partial charge in [-0.25, -0.2) is 9.37 Å². The van der Waals surface area contributed by atoms with E-state index in [2.05, 4.69) is 27.1 Å². The molecule has 0 aromatic carbocycles. The van der Waals surface area contributed by atoms with Gasteiger partial charge in [-0.1, -0.05) is 0 Å². The van der Waals surface area contributed by atoms with Crippen molar-refractivity contribution in [3.05, 3.63) is 16.1 Å². The highest BCUT2D eigenvalue weighted by molar-refractivity contribution is 7.09. The zero-order valence-electron chi connectivity index (χ0n) is 14.3. The summed E-state index contributed by atoms with van der Waals surface area (Å²) in [5.74, 6) is 0.744. The van der Waals surface area contributed by atoms with Gasteiger partial charge in [0.1, 0.15) is 6.17 Å². The molecule has 0 saturated carbocycles. The number of hydrogen-bond donors (Lipinski definition) is 1. The lowest BCUT2D eigenvalue weighted by Gasteiger charge is -2.31. The van der Waals surface area contributed by atoms with Crippen LogP contribution < -0.4 is 5.32 Å². The summed E-state index contributed by atoms with van der Waals surface area (Å²) in [5, 5.41) is 3.48. The third-order valence-electron chi connectivity index (χ3n) is 5.16. The van der Waals surface area contributed by atoms with Gasteiger partial charge in [0.15, 0.2) is 0 Å². The molecule has 2 fully saturated rings. The van der Waals surface area contributed by atoms with Crippen LogP contribution in [-0.4, -0.2) is 66.8 Å². The van der Waals surface area contributed by atoms with E-state index in [1.54, 1.807) is 11.3 Å². The number of likely N-dealkylation sites (tertiary alicyclic amines) is 1. The third-order valence-corrected chi connectivity index (χ3v) is 6.08. The molecule has 0 bridgehead atoms. The first-order chi connectivity index (χ1) is 11.1. The van der Waals surface area contributed by atoms with Crippen LogP contribution in [-0.2, 0) is 6.54 Å². The highest BCUT2D eigenvalue weighted by Crippen LogP contribution is 2.26. The first-order valence-corrected chi connectivity index (χ1v) is 9.66. The molecule has 3 atom stereocenters. The Kier molecular flexibility index (Phi) is 6.01. The molecule has 0 aliphatic carbocycles. The molecule has 130 valence electrons. The Morgan fingerprint density at radius 3 is 3.04 bits per heavy atom. The van der Waals surface area contributed by atoms with Crippen LogP contribution in [0, 0.1) is 12.8 Å². The molecule has 0 radical (unpaired) electrons. The third kappa shape index (κ3) is 4.72. The topological polar surface area (TPSA) is 31.4 Å². The summed E-state index contributed by atoms with van der Waals surface area (Å²) >= 11 is 1.69. The summed E-state index contributed by atoms with van der Waals surface area (Å²) < 4.78 is 14.0. The van der Waals surface area contributed by atoms with E-state index in [9.17, 15) is 4.39 Å². The van der Waals surface area contributed by atoms with Gasteiger partial charge in [0, 0.05) is 37.1 Å².